The van der Waals surface area contributed by atoms with Crippen LogP contribution in [0.3, 0.4) is 0 Å². The molecule has 0 aliphatic rings. The van der Waals surface area contributed by atoms with Gasteiger partial charge in [-0.3, -0.25) is 0 Å². The molecule has 0 aromatic carbocycles. The number of nitrogen functional groups attached to an aromatic ring is 1. The molecule has 0 bridgehead atoms. The van der Waals surface area contributed by atoms with Crippen LogP contribution in [0.5, 0.6) is 0 Å². The first-order valence-electron chi connectivity index (χ1n) is 5.08. The van der Waals surface area contributed by atoms with Crippen molar-refractivity contribution in [2.45, 2.75) is 0 Å². The van der Waals surface area contributed by atoms with Gasteiger partial charge >= 0.3 is 5.97 Å². The average molecular weight is 260 g/mol. The van der Waals surface area contributed by atoms with Crippen LogP contribution in [0.1, 0.15) is 10.4 Å². The molecule has 0 atom stereocenters. The molecule has 0 amide bonds. The Kier molecular flexibility index (Phi) is 2.27. The number of pyridine rings is 1. The van der Waals surface area contributed by atoms with E-state index in [1.165, 1.54) is 21.9 Å². The number of aromatic nitrogens is 3. The maximum Gasteiger partial charge on any atom is 0.336 e. The van der Waals surface area contributed by atoms with Crippen LogP contribution in [0.4, 0.5) is 5.95 Å². The van der Waals surface area contributed by atoms with Gasteiger partial charge in [0.2, 0.25) is 5.95 Å². The van der Waals surface area contributed by atoms with E-state index in [4.69, 9.17) is 5.73 Å². The van der Waals surface area contributed by atoms with Crippen molar-refractivity contribution in [1.29, 1.82) is 0 Å². The summed E-state index contributed by atoms with van der Waals surface area (Å²) in [6.45, 7) is 0. The lowest BCUT2D eigenvalue weighted by molar-refractivity contribution is 0.0697. The fourth-order valence-electron chi connectivity index (χ4n) is 1.75. The number of carbonyl (C=O) groups is 1. The zero-order chi connectivity index (χ0) is 12.7. The van der Waals surface area contributed by atoms with Crippen LogP contribution >= 0.6 is 11.3 Å². The summed E-state index contributed by atoms with van der Waals surface area (Å²) in [5.41, 5.74) is 6.72. The van der Waals surface area contributed by atoms with E-state index in [1.807, 2.05) is 17.5 Å². The molecule has 7 heteroatoms. The maximum atomic E-state index is 11.3. The largest absolute Gasteiger partial charge is 0.478 e. The summed E-state index contributed by atoms with van der Waals surface area (Å²) in [4.78, 5) is 16.1. The highest BCUT2D eigenvalue weighted by atomic mass is 32.1. The fourth-order valence-corrected chi connectivity index (χ4v) is 2.50. The summed E-state index contributed by atoms with van der Waals surface area (Å²) in [5.74, 6) is -0.878. The Morgan fingerprint density at radius 1 is 1.50 bits per heavy atom. The maximum absolute atomic E-state index is 11.3. The minimum absolute atomic E-state index is 0.120. The molecule has 0 radical (unpaired) electrons. The van der Waals surface area contributed by atoms with Gasteiger partial charge in [-0.05, 0) is 17.5 Å². The third-order valence-corrected chi connectivity index (χ3v) is 3.41. The van der Waals surface area contributed by atoms with E-state index in [2.05, 4.69) is 10.1 Å². The number of nitrogens with two attached hydrogens (primary N) is 1. The van der Waals surface area contributed by atoms with Gasteiger partial charge in [0, 0.05) is 16.6 Å². The number of nitrogens with zero attached hydrogens (tertiary/aromatic N) is 3. The van der Waals surface area contributed by atoms with Gasteiger partial charge in [-0.1, -0.05) is 6.07 Å². The van der Waals surface area contributed by atoms with Gasteiger partial charge in [-0.25, -0.2) is 9.31 Å². The normalized spacial score (nSPS) is 10.9. The number of hydrogen-bond donors (Lipinski definition) is 2. The Bertz CT molecular complexity index is 733. The number of fused-ring (bicyclic) bond motifs is 1. The van der Waals surface area contributed by atoms with Gasteiger partial charge in [0.1, 0.15) is 0 Å². The van der Waals surface area contributed by atoms with Gasteiger partial charge in [-0.2, -0.15) is 4.98 Å². The van der Waals surface area contributed by atoms with Gasteiger partial charge in [-0.15, -0.1) is 16.4 Å². The summed E-state index contributed by atoms with van der Waals surface area (Å²) in [5, 5.41) is 15.1. The standard InChI is InChI=1S/C11H8N4O2S/c12-11-13-9-4-6(10(16)17)7(5-15(9)14-11)8-2-1-3-18-8/h1-5H,(H2,12,14)(H,16,17). The highest BCUT2D eigenvalue weighted by molar-refractivity contribution is 7.13. The van der Waals surface area contributed by atoms with Gasteiger partial charge in [0.25, 0.3) is 0 Å². The first kappa shape index (κ1) is 10.7. The smallest absolute Gasteiger partial charge is 0.336 e. The minimum Gasteiger partial charge on any atom is -0.478 e. The second-order valence-electron chi connectivity index (χ2n) is 3.66. The van der Waals surface area contributed by atoms with Crippen LogP contribution in [-0.4, -0.2) is 25.7 Å². The van der Waals surface area contributed by atoms with Crippen molar-refractivity contribution in [2.75, 3.05) is 5.73 Å². The van der Waals surface area contributed by atoms with E-state index in [9.17, 15) is 9.90 Å². The molecule has 0 saturated carbocycles. The molecule has 90 valence electrons. The fraction of sp³-hybridized carbons (Fsp3) is 0. The molecule has 6 nitrogen and oxygen atoms in total. The lowest BCUT2D eigenvalue weighted by atomic mass is 10.1. The minimum atomic E-state index is -0.998. The quantitative estimate of drug-likeness (QED) is 0.732. The number of carboxylic acids is 1. The molecular formula is C11H8N4O2S. The molecule has 3 heterocycles. The average Bonchev–Trinajstić information content (AvgIpc) is 2.93. The van der Waals surface area contributed by atoms with Crippen molar-refractivity contribution in [1.82, 2.24) is 14.6 Å². The molecule has 3 N–H and O–H groups in total. The Labute approximate surface area is 105 Å². The third-order valence-electron chi connectivity index (χ3n) is 2.51. The number of anilines is 1. The molecule has 3 rings (SSSR count). The molecule has 0 spiro atoms. The molecule has 0 fully saturated rings. The number of hydrogen-bond acceptors (Lipinski definition) is 5. The number of thiophene rings is 1. The molecule has 3 aromatic heterocycles. The van der Waals surface area contributed by atoms with Gasteiger partial charge < -0.3 is 10.8 Å². The highest BCUT2D eigenvalue weighted by Crippen LogP contribution is 2.28. The van der Waals surface area contributed by atoms with Crippen molar-refractivity contribution in [2.24, 2.45) is 0 Å². The molecule has 0 aliphatic carbocycles. The second-order valence-corrected chi connectivity index (χ2v) is 4.60. The van der Waals surface area contributed by atoms with E-state index in [0.717, 1.165) is 4.88 Å². The van der Waals surface area contributed by atoms with Crippen molar-refractivity contribution in [3.8, 4) is 10.4 Å². The highest BCUT2D eigenvalue weighted by Gasteiger charge is 2.15. The van der Waals surface area contributed by atoms with Crippen LogP contribution in [0.25, 0.3) is 16.1 Å². The summed E-state index contributed by atoms with van der Waals surface area (Å²) < 4.78 is 1.48. The lowest BCUT2D eigenvalue weighted by Crippen LogP contribution is -2.02. The molecular weight excluding hydrogens is 252 g/mol. The number of rotatable bonds is 2. The Balaban J connectivity index is 2.33. The molecule has 3 aromatic rings. The van der Waals surface area contributed by atoms with Crippen LogP contribution in [0, 0.1) is 0 Å². The van der Waals surface area contributed by atoms with Crippen molar-refractivity contribution in [3.63, 3.8) is 0 Å². The second kappa shape index (κ2) is 3.81. The lowest BCUT2D eigenvalue weighted by Gasteiger charge is -2.04. The van der Waals surface area contributed by atoms with Crippen LogP contribution in [0.2, 0.25) is 0 Å². The first-order chi connectivity index (χ1) is 8.65. The monoisotopic (exact) mass is 260 g/mol. The summed E-state index contributed by atoms with van der Waals surface area (Å²) in [7, 11) is 0. The Hall–Kier alpha value is -2.41. The first-order valence-corrected chi connectivity index (χ1v) is 5.96. The topological polar surface area (TPSA) is 93.5 Å². The van der Waals surface area contributed by atoms with Crippen LogP contribution in [-0.2, 0) is 0 Å². The zero-order valence-corrected chi connectivity index (χ0v) is 9.89. The molecule has 18 heavy (non-hydrogen) atoms. The van der Waals surface area contributed by atoms with E-state index in [1.54, 1.807) is 6.20 Å². The molecule has 0 unspecified atom stereocenters. The van der Waals surface area contributed by atoms with E-state index < -0.39 is 5.97 Å². The Morgan fingerprint density at radius 3 is 3.00 bits per heavy atom. The van der Waals surface area contributed by atoms with Crippen molar-refractivity contribution >= 4 is 28.9 Å². The number of aromatic carboxylic acids is 1. The summed E-state index contributed by atoms with van der Waals surface area (Å²) in [6, 6.07) is 5.20. The zero-order valence-electron chi connectivity index (χ0n) is 9.07. The Morgan fingerprint density at radius 2 is 2.33 bits per heavy atom. The molecule has 0 aliphatic heterocycles. The van der Waals surface area contributed by atoms with Gasteiger partial charge in [0.15, 0.2) is 5.65 Å². The van der Waals surface area contributed by atoms with Crippen molar-refractivity contribution < 1.29 is 9.90 Å². The van der Waals surface area contributed by atoms with Crippen molar-refractivity contribution in [3.05, 3.63) is 35.3 Å². The summed E-state index contributed by atoms with van der Waals surface area (Å²) in [6.07, 6.45) is 1.63. The number of carboxylic acid groups (broad SMARTS) is 1. The third kappa shape index (κ3) is 1.61. The van der Waals surface area contributed by atoms with Crippen LogP contribution < -0.4 is 5.73 Å². The van der Waals surface area contributed by atoms with Gasteiger partial charge in [0.05, 0.1) is 5.56 Å². The molecule has 0 saturated heterocycles. The predicted octanol–water partition coefficient (Wildman–Crippen LogP) is 1.74. The summed E-state index contributed by atoms with van der Waals surface area (Å²) >= 11 is 1.47. The van der Waals surface area contributed by atoms with E-state index in [-0.39, 0.29) is 11.5 Å². The SMILES string of the molecule is Nc1nc2cc(C(=O)O)c(-c3cccs3)cn2n1. The van der Waals surface area contributed by atoms with E-state index >= 15 is 0 Å². The van der Waals surface area contributed by atoms with Crippen LogP contribution in [0.15, 0.2) is 29.8 Å². The predicted molar refractivity (Wildman–Crippen MR) is 67.7 cm³/mol. The van der Waals surface area contributed by atoms with E-state index in [0.29, 0.717) is 11.2 Å².